The Labute approximate surface area is 190 Å². The summed E-state index contributed by atoms with van der Waals surface area (Å²) in [5, 5.41) is 7.95. The summed E-state index contributed by atoms with van der Waals surface area (Å²) in [4.78, 5) is 15.5. The third kappa shape index (κ3) is 4.00. The molecule has 2 aliphatic rings. The minimum atomic E-state index is -0.509. The number of nitrogens with zero attached hydrogens (tertiary/aromatic N) is 6. The molecule has 1 aliphatic carbocycles. The van der Waals surface area contributed by atoms with Crippen molar-refractivity contribution in [2.45, 2.75) is 25.8 Å². The molecule has 10 heteroatoms. The van der Waals surface area contributed by atoms with Gasteiger partial charge in [0.05, 0.1) is 5.02 Å². The molecule has 1 saturated heterocycles. The molecule has 1 aliphatic heterocycles. The number of benzene rings is 1. The van der Waals surface area contributed by atoms with E-state index in [1.54, 1.807) is 6.33 Å². The van der Waals surface area contributed by atoms with Gasteiger partial charge < -0.3 is 15.0 Å². The molecule has 1 unspecified atom stereocenters. The largest absolute Gasteiger partial charge is 0.424 e. The molecule has 1 N–H and O–H groups in total. The number of fused-ring (bicyclic) bond motifs is 2. The molecule has 0 spiro atoms. The normalized spacial score (nSPS) is 22.1. The molecule has 2 fully saturated rings. The standard InChI is InChI=1S/C22H23ClFN7O/c1-3-31-22(32-16-6-7-18(24)17(23)9-16)28-21(29-31)27-20-14-4-5-15(20)11-30(10-14)19-8-13(2)25-12-26-19/h3,6-9,12,14-15,20H,1,4-5,10-11H2,2H3,(H,27,29)/t14-,15+,20?. The summed E-state index contributed by atoms with van der Waals surface area (Å²) >= 11 is 5.85. The van der Waals surface area contributed by atoms with E-state index in [2.05, 4.69) is 36.8 Å². The highest BCUT2D eigenvalue weighted by Crippen LogP contribution is 2.40. The smallest absolute Gasteiger partial charge is 0.326 e. The van der Waals surface area contributed by atoms with Crippen LogP contribution in [-0.2, 0) is 0 Å². The van der Waals surface area contributed by atoms with Crippen LogP contribution >= 0.6 is 11.6 Å². The average Bonchev–Trinajstić information content (AvgIpc) is 3.25. The van der Waals surface area contributed by atoms with Gasteiger partial charge in [-0.15, -0.1) is 5.10 Å². The summed E-state index contributed by atoms with van der Waals surface area (Å²) in [6.45, 7) is 7.59. The van der Waals surface area contributed by atoms with Crippen LogP contribution in [0.25, 0.3) is 6.20 Å². The molecule has 8 nitrogen and oxygen atoms in total. The molecule has 2 bridgehead atoms. The lowest BCUT2D eigenvalue weighted by molar-refractivity contribution is 0.374. The predicted molar refractivity (Wildman–Crippen MR) is 120 cm³/mol. The van der Waals surface area contributed by atoms with E-state index in [0.717, 1.165) is 37.4 Å². The summed E-state index contributed by atoms with van der Waals surface area (Å²) in [6, 6.07) is 6.66. The number of piperidine rings is 1. The maximum absolute atomic E-state index is 13.4. The van der Waals surface area contributed by atoms with Gasteiger partial charge >= 0.3 is 6.01 Å². The summed E-state index contributed by atoms with van der Waals surface area (Å²) in [5.74, 6) is 2.23. The number of anilines is 2. The molecule has 0 amide bonds. The van der Waals surface area contributed by atoms with Gasteiger partial charge in [0.15, 0.2) is 0 Å². The van der Waals surface area contributed by atoms with Crippen LogP contribution in [0, 0.1) is 24.6 Å². The molecule has 1 aromatic carbocycles. The number of nitrogens with one attached hydrogen (secondary N) is 1. The third-order valence-corrected chi connectivity index (χ3v) is 6.41. The van der Waals surface area contributed by atoms with Crippen molar-refractivity contribution in [3.05, 3.63) is 53.7 Å². The topological polar surface area (TPSA) is 81.0 Å². The Morgan fingerprint density at radius 2 is 2.00 bits per heavy atom. The van der Waals surface area contributed by atoms with E-state index in [4.69, 9.17) is 16.3 Å². The zero-order valence-electron chi connectivity index (χ0n) is 17.6. The number of ether oxygens (including phenoxy) is 1. The van der Waals surface area contributed by atoms with E-state index in [1.807, 2.05) is 13.0 Å². The second-order valence-electron chi connectivity index (χ2n) is 8.21. The number of aromatic nitrogens is 5. The highest BCUT2D eigenvalue weighted by Gasteiger charge is 2.43. The molecule has 3 aromatic rings. The predicted octanol–water partition coefficient (Wildman–Crippen LogP) is 4.39. The zero-order valence-corrected chi connectivity index (χ0v) is 18.3. The Balaban J connectivity index is 1.30. The van der Waals surface area contributed by atoms with Crippen LogP contribution in [0.15, 0.2) is 37.2 Å². The molecule has 0 radical (unpaired) electrons. The highest BCUT2D eigenvalue weighted by molar-refractivity contribution is 6.30. The van der Waals surface area contributed by atoms with Crippen molar-refractivity contribution in [2.75, 3.05) is 23.3 Å². The van der Waals surface area contributed by atoms with Crippen molar-refractivity contribution >= 4 is 29.6 Å². The van der Waals surface area contributed by atoms with Gasteiger partial charge in [-0.05, 0) is 43.7 Å². The zero-order chi connectivity index (χ0) is 22.2. The number of aryl methyl sites for hydroxylation is 1. The first-order chi connectivity index (χ1) is 15.5. The molecule has 1 saturated carbocycles. The second kappa shape index (κ2) is 8.38. The Morgan fingerprint density at radius 3 is 2.69 bits per heavy atom. The van der Waals surface area contributed by atoms with E-state index in [9.17, 15) is 4.39 Å². The summed E-state index contributed by atoms with van der Waals surface area (Å²) in [5.41, 5.74) is 0.969. The Hall–Kier alpha value is -3.20. The molecular weight excluding hydrogens is 433 g/mol. The van der Waals surface area contributed by atoms with Crippen molar-refractivity contribution in [1.82, 2.24) is 24.7 Å². The van der Waals surface area contributed by atoms with E-state index in [0.29, 0.717) is 23.5 Å². The van der Waals surface area contributed by atoms with E-state index >= 15 is 0 Å². The van der Waals surface area contributed by atoms with Crippen LogP contribution in [0.3, 0.4) is 0 Å². The first-order valence-corrected chi connectivity index (χ1v) is 10.9. The van der Waals surface area contributed by atoms with Crippen molar-refractivity contribution < 1.29 is 9.13 Å². The number of halogens is 2. The monoisotopic (exact) mass is 455 g/mol. The Kier molecular flexibility index (Phi) is 5.42. The lowest BCUT2D eigenvalue weighted by Crippen LogP contribution is -2.48. The fraction of sp³-hybridized carbons (Fsp3) is 0.364. The first kappa shape index (κ1) is 20.7. The van der Waals surface area contributed by atoms with Gasteiger partial charge in [-0.3, -0.25) is 0 Å². The van der Waals surface area contributed by atoms with Crippen molar-refractivity contribution in [2.24, 2.45) is 11.8 Å². The van der Waals surface area contributed by atoms with Gasteiger partial charge in [0.1, 0.15) is 23.7 Å². The fourth-order valence-electron chi connectivity index (χ4n) is 4.61. The fourth-order valence-corrected chi connectivity index (χ4v) is 4.78. The third-order valence-electron chi connectivity index (χ3n) is 6.12. The Morgan fingerprint density at radius 1 is 1.22 bits per heavy atom. The van der Waals surface area contributed by atoms with Crippen LogP contribution in [0.1, 0.15) is 18.5 Å². The van der Waals surface area contributed by atoms with Crippen molar-refractivity contribution in [3.8, 4) is 11.8 Å². The van der Waals surface area contributed by atoms with Gasteiger partial charge in [0, 0.05) is 43.2 Å². The van der Waals surface area contributed by atoms with Gasteiger partial charge in [-0.2, -0.15) is 9.67 Å². The van der Waals surface area contributed by atoms with Crippen LogP contribution in [-0.4, -0.2) is 43.9 Å². The van der Waals surface area contributed by atoms with Crippen molar-refractivity contribution in [3.63, 3.8) is 0 Å². The second-order valence-corrected chi connectivity index (χ2v) is 8.62. The summed E-state index contributed by atoms with van der Waals surface area (Å²) in [6.07, 6.45) is 5.41. The molecule has 3 heterocycles. The van der Waals surface area contributed by atoms with Crippen molar-refractivity contribution in [1.29, 1.82) is 0 Å². The quantitative estimate of drug-likeness (QED) is 0.590. The Bertz CT molecular complexity index is 1140. The number of rotatable bonds is 6. The van der Waals surface area contributed by atoms with Crippen LogP contribution in [0.2, 0.25) is 5.02 Å². The molecule has 2 aromatic heterocycles. The molecular formula is C22H23ClFN7O. The SMILES string of the molecule is C=Cn1nc(NC2[C@@H]3CC[C@H]2CN(c2cc(C)ncn2)C3)nc1Oc1ccc(F)c(Cl)c1. The van der Waals surface area contributed by atoms with Gasteiger partial charge in [0.25, 0.3) is 0 Å². The molecule has 5 rings (SSSR count). The van der Waals surface area contributed by atoms with Crippen LogP contribution in [0.5, 0.6) is 11.8 Å². The molecule has 166 valence electrons. The van der Waals surface area contributed by atoms with Gasteiger partial charge in [-0.1, -0.05) is 18.2 Å². The maximum atomic E-state index is 13.4. The lowest BCUT2D eigenvalue weighted by atomic mass is 9.92. The number of hydrogen-bond donors (Lipinski definition) is 1. The van der Waals surface area contributed by atoms with E-state index in [1.165, 1.54) is 29.1 Å². The number of hydrogen-bond acceptors (Lipinski definition) is 7. The van der Waals surface area contributed by atoms with Crippen LogP contribution in [0.4, 0.5) is 16.2 Å². The lowest BCUT2D eigenvalue weighted by Gasteiger charge is -2.38. The summed E-state index contributed by atoms with van der Waals surface area (Å²) < 4.78 is 20.6. The minimum absolute atomic E-state index is 0.0206. The van der Waals surface area contributed by atoms with Crippen LogP contribution < -0.4 is 15.0 Å². The van der Waals surface area contributed by atoms with Gasteiger partial charge in [-0.25, -0.2) is 14.4 Å². The summed E-state index contributed by atoms with van der Waals surface area (Å²) in [7, 11) is 0. The molecule has 3 atom stereocenters. The first-order valence-electron chi connectivity index (χ1n) is 10.5. The van der Waals surface area contributed by atoms with E-state index < -0.39 is 5.82 Å². The van der Waals surface area contributed by atoms with Gasteiger partial charge in [0.2, 0.25) is 5.95 Å². The highest BCUT2D eigenvalue weighted by atomic mass is 35.5. The minimum Gasteiger partial charge on any atom is -0.424 e. The average molecular weight is 456 g/mol. The van der Waals surface area contributed by atoms with E-state index in [-0.39, 0.29) is 17.1 Å². The maximum Gasteiger partial charge on any atom is 0.326 e. The molecule has 32 heavy (non-hydrogen) atoms.